The molecule has 27 heavy (non-hydrogen) atoms. The molecule has 3 rings (SSSR count). The number of benzene rings is 1. The van der Waals surface area contributed by atoms with Crippen molar-refractivity contribution in [2.45, 2.75) is 26.2 Å². The molecule has 1 aromatic carbocycles. The molecular formula is C21H25NO5. The Labute approximate surface area is 158 Å². The van der Waals surface area contributed by atoms with Crippen LogP contribution in [0, 0.1) is 5.41 Å². The highest BCUT2D eigenvalue weighted by Crippen LogP contribution is 2.32. The Morgan fingerprint density at radius 1 is 1.22 bits per heavy atom. The fraction of sp³-hybridized carbons (Fsp3) is 0.429. The standard InChI is InChI=1S/C21H25NO5/c1-3-15-5-7-16(8-6-15)17-9-10-18(27-17)19(23)22-12-4-11-21(13-22,14-26-2)20(24)25/h5-10H,3-4,11-14H2,1-2H3,(H,24,25). The monoisotopic (exact) mass is 371 g/mol. The molecule has 1 atom stereocenters. The molecular weight excluding hydrogens is 346 g/mol. The van der Waals surface area contributed by atoms with Crippen LogP contribution in [0.15, 0.2) is 40.8 Å². The minimum atomic E-state index is -1.06. The second kappa shape index (κ2) is 7.96. The number of carbonyl (C=O) groups is 2. The highest BCUT2D eigenvalue weighted by molar-refractivity contribution is 5.92. The number of amides is 1. The zero-order chi connectivity index (χ0) is 19.4. The number of methoxy groups -OCH3 is 1. The van der Waals surface area contributed by atoms with Gasteiger partial charge in [0.15, 0.2) is 5.76 Å². The summed E-state index contributed by atoms with van der Waals surface area (Å²) in [7, 11) is 1.48. The molecule has 144 valence electrons. The van der Waals surface area contributed by atoms with E-state index in [1.54, 1.807) is 17.0 Å². The van der Waals surface area contributed by atoms with Gasteiger partial charge in [-0.1, -0.05) is 31.2 Å². The molecule has 1 N–H and O–H groups in total. The van der Waals surface area contributed by atoms with E-state index in [0.717, 1.165) is 12.0 Å². The van der Waals surface area contributed by atoms with E-state index in [-0.39, 0.29) is 24.8 Å². The van der Waals surface area contributed by atoms with Gasteiger partial charge in [0.1, 0.15) is 11.2 Å². The molecule has 1 saturated heterocycles. The Morgan fingerprint density at radius 2 is 1.96 bits per heavy atom. The number of likely N-dealkylation sites (tertiary alicyclic amines) is 1. The lowest BCUT2D eigenvalue weighted by molar-refractivity contribution is -0.155. The molecule has 0 radical (unpaired) electrons. The minimum Gasteiger partial charge on any atom is -0.481 e. The van der Waals surface area contributed by atoms with Gasteiger partial charge in [0.2, 0.25) is 0 Å². The number of carboxylic acid groups (broad SMARTS) is 1. The number of hydrogen-bond donors (Lipinski definition) is 1. The maximum absolute atomic E-state index is 12.9. The molecule has 0 saturated carbocycles. The van der Waals surface area contributed by atoms with Crippen LogP contribution in [-0.4, -0.2) is 48.7 Å². The SMILES string of the molecule is CCc1ccc(-c2ccc(C(=O)N3CCCC(COC)(C(=O)O)C3)o2)cc1. The van der Waals surface area contributed by atoms with E-state index in [1.165, 1.54) is 12.7 Å². The van der Waals surface area contributed by atoms with Crippen LogP contribution in [0.25, 0.3) is 11.3 Å². The second-order valence-electron chi connectivity index (χ2n) is 7.06. The van der Waals surface area contributed by atoms with Crippen LogP contribution in [0.2, 0.25) is 0 Å². The average Bonchev–Trinajstić information content (AvgIpc) is 3.18. The number of nitrogens with zero attached hydrogens (tertiary/aromatic N) is 1. The van der Waals surface area contributed by atoms with Crippen molar-refractivity contribution in [3.8, 4) is 11.3 Å². The first kappa shape index (κ1) is 19.2. The molecule has 2 heterocycles. The van der Waals surface area contributed by atoms with Gasteiger partial charge in [-0.15, -0.1) is 0 Å². The lowest BCUT2D eigenvalue weighted by Crippen LogP contribution is -2.52. The Hall–Kier alpha value is -2.60. The van der Waals surface area contributed by atoms with Gasteiger partial charge in [-0.05, 0) is 37.0 Å². The van der Waals surface area contributed by atoms with Gasteiger partial charge in [0.25, 0.3) is 5.91 Å². The normalized spacial score (nSPS) is 19.9. The molecule has 0 bridgehead atoms. The quantitative estimate of drug-likeness (QED) is 0.841. The Bertz CT molecular complexity index is 806. The third-order valence-electron chi connectivity index (χ3n) is 5.20. The minimum absolute atomic E-state index is 0.0826. The number of piperidine rings is 1. The zero-order valence-corrected chi connectivity index (χ0v) is 15.7. The molecule has 1 unspecified atom stereocenters. The number of aryl methyl sites for hydroxylation is 1. The summed E-state index contributed by atoms with van der Waals surface area (Å²) in [5.74, 6) is -0.367. The summed E-state index contributed by atoms with van der Waals surface area (Å²) in [6.45, 7) is 2.81. The van der Waals surface area contributed by atoms with Gasteiger partial charge in [-0.25, -0.2) is 0 Å². The Kier molecular flexibility index (Phi) is 5.65. The van der Waals surface area contributed by atoms with Gasteiger partial charge in [0.05, 0.1) is 6.61 Å². The third-order valence-corrected chi connectivity index (χ3v) is 5.20. The lowest BCUT2D eigenvalue weighted by Gasteiger charge is -2.39. The molecule has 0 aliphatic carbocycles. The molecule has 6 heteroatoms. The molecule has 6 nitrogen and oxygen atoms in total. The predicted octanol–water partition coefficient (Wildman–Crippen LogP) is 3.46. The number of hydrogen-bond acceptors (Lipinski definition) is 4. The fourth-order valence-corrected chi connectivity index (χ4v) is 3.60. The number of furan rings is 1. The van der Waals surface area contributed by atoms with Crippen molar-refractivity contribution in [3.63, 3.8) is 0 Å². The van der Waals surface area contributed by atoms with Crippen molar-refractivity contribution in [2.24, 2.45) is 5.41 Å². The molecule has 1 aliphatic heterocycles. The first-order valence-corrected chi connectivity index (χ1v) is 9.20. The van der Waals surface area contributed by atoms with Crippen molar-refractivity contribution in [3.05, 3.63) is 47.7 Å². The number of ether oxygens (including phenoxy) is 1. The van der Waals surface area contributed by atoms with Gasteiger partial charge >= 0.3 is 5.97 Å². The number of rotatable bonds is 6. The number of carboxylic acids is 1. The zero-order valence-electron chi connectivity index (χ0n) is 15.7. The Morgan fingerprint density at radius 3 is 2.59 bits per heavy atom. The van der Waals surface area contributed by atoms with Crippen LogP contribution < -0.4 is 0 Å². The summed E-state index contributed by atoms with van der Waals surface area (Å²) in [6, 6.07) is 11.4. The number of aliphatic carboxylic acids is 1. The highest BCUT2D eigenvalue weighted by atomic mass is 16.5. The van der Waals surface area contributed by atoms with Crippen LogP contribution in [-0.2, 0) is 16.0 Å². The van der Waals surface area contributed by atoms with Crippen LogP contribution in [0.3, 0.4) is 0 Å². The summed E-state index contributed by atoms with van der Waals surface area (Å²) in [6.07, 6.45) is 2.07. The molecule has 2 aromatic rings. The van der Waals surface area contributed by atoms with E-state index in [1.807, 2.05) is 24.3 Å². The van der Waals surface area contributed by atoms with Crippen molar-refractivity contribution in [1.82, 2.24) is 4.90 Å². The van der Waals surface area contributed by atoms with E-state index in [0.29, 0.717) is 25.1 Å². The van der Waals surface area contributed by atoms with Gasteiger partial charge < -0.3 is 19.2 Å². The summed E-state index contributed by atoms with van der Waals surface area (Å²) >= 11 is 0. The third kappa shape index (κ3) is 3.90. The second-order valence-corrected chi connectivity index (χ2v) is 7.06. The van der Waals surface area contributed by atoms with E-state index in [2.05, 4.69) is 6.92 Å². The molecule has 1 fully saturated rings. The molecule has 0 spiro atoms. The average molecular weight is 371 g/mol. The summed E-state index contributed by atoms with van der Waals surface area (Å²) < 4.78 is 10.9. The predicted molar refractivity (Wildman–Crippen MR) is 101 cm³/mol. The molecule has 1 aliphatic rings. The van der Waals surface area contributed by atoms with Gasteiger partial charge in [-0.3, -0.25) is 9.59 Å². The maximum atomic E-state index is 12.9. The maximum Gasteiger partial charge on any atom is 0.313 e. The van der Waals surface area contributed by atoms with E-state index in [9.17, 15) is 14.7 Å². The van der Waals surface area contributed by atoms with Crippen LogP contribution in [0.1, 0.15) is 35.9 Å². The fourth-order valence-electron chi connectivity index (χ4n) is 3.60. The van der Waals surface area contributed by atoms with Gasteiger partial charge in [-0.2, -0.15) is 0 Å². The van der Waals surface area contributed by atoms with Gasteiger partial charge in [0, 0.05) is 25.8 Å². The summed E-state index contributed by atoms with van der Waals surface area (Å²) in [4.78, 5) is 26.2. The van der Waals surface area contributed by atoms with Crippen molar-refractivity contribution in [1.29, 1.82) is 0 Å². The van der Waals surface area contributed by atoms with Crippen LogP contribution in [0.4, 0.5) is 0 Å². The summed E-state index contributed by atoms with van der Waals surface area (Å²) in [5.41, 5.74) is 1.08. The van der Waals surface area contributed by atoms with E-state index >= 15 is 0 Å². The number of carbonyl (C=O) groups excluding carboxylic acids is 1. The highest BCUT2D eigenvalue weighted by Gasteiger charge is 2.44. The van der Waals surface area contributed by atoms with E-state index in [4.69, 9.17) is 9.15 Å². The molecule has 1 aromatic heterocycles. The first-order chi connectivity index (χ1) is 13.0. The molecule has 1 amide bonds. The Balaban J connectivity index is 1.77. The summed E-state index contributed by atoms with van der Waals surface area (Å²) in [5, 5.41) is 9.64. The van der Waals surface area contributed by atoms with E-state index < -0.39 is 11.4 Å². The van der Waals surface area contributed by atoms with Crippen molar-refractivity contribution in [2.75, 3.05) is 26.8 Å². The lowest BCUT2D eigenvalue weighted by atomic mass is 9.80. The van der Waals surface area contributed by atoms with Crippen molar-refractivity contribution < 1.29 is 23.8 Å². The largest absolute Gasteiger partial charge is 0.481 e. The van der Waals surface area contributed by atoms with Crippen molar-refractivity contribution >= 4 is 11.9 Å². The van der Waals surface area contributed by atoms with Crippen LogP contribution in [0.5, 0.6) is 0 Å². The topological polar surface area (TPSA) is 80.0 Å². The van der Waals surface area contributed by atoms with Crippen LogP contribution >= 0.6 is 0 Å². The smallest absolute Gasteiger partial charge is 0.313 e. The first-order valence-electron chi connectivity index (χ1n) is 9.20.